The zero-order chi connectivity index (χ0) is 18.8. The van der Waals surface area contributed by atoms with Gasteiger partial charge in [-0.1, -0.05) is 30.3 Å². The van der Waals surface area contributed by atoms with Crippen LogP contribution in [-0.2, 0) is 24.8 Å². The van der Waals surface area contributed by atoms with Gasteiger partial charge in [0.15, 0.2) is 0 Å². The molecule has 0 atom stereocenters. The van der Waals surface area contributed by atoms with Crippen molar-refractivity contribution in [3.05, 3.63) is 70.1 Å². The lowest BCUT2D eigenvalue weighted by Gasteiger charge is -2.26. The minimum atomic E-state index is -0.0584. The van der Waals surface area contributed by atoms with E-state index in [1.807, 2.05) is 36.4 Å². The topological polar surface area (TPSA) is 56.5 Å². The van der Waals surface area contributed by atoms with Crippen LogP contribution >= 0.6 is 0 Å². The van der Waals surface area contributed by atoms with Crippen LogP contribution in [0.4, 0.5) is 0 Å². The molecular weight excluding hydrogens is 342 g/mol. The number of hydrogen-bond acceptors (Lipinski definition) is 3. The third kappa shape index (κ3) is 3.40. The zero-order valence-corrected chi connectivity index (χ0v) is 15.4. The first-order valence-corrected chi connectivity index (χ1v) is 9.25. The number of imidazole rings is 1. The van der Waals surface area contributed by atoms with Crippen LogP contribution in [0.2, 0.25) is 0 Å². The highest BCUT2D eigenvalue weighted by molar-refractivity contribution is 5.97. The van der Waals surface area contributed by atoms with Gasteiger partial charge in [-0.05, 0) is 30.2 Å². The second-order valence-corrected chi connectivity index (χ2v) is 6.84. The van der Waals surface area contributed by atoms with E-state index >= 15 is 0 Å². The Balaban J connectivity index is 1.63. The van der Waals surface area contributed by atoms with Gasteiger partial charge in [-0.3, -0.25) is 13.9 Å². The summed E-state index contributed by atoms with van der Waals surface area (Å²) in [5.41, 5.74) is 3.39. The maximum absolute atomic E-state index is 12.7. The van der Waals surface area contributed by atoms with Crippen molar-refractivity contribution in [3.63, 3.8) is 0 Å². The molecule has 6 heteroatoms. The molecule has 0 N–H and O–H groups in total. The summed E-state index contributed by atoms with van der Waals surface area (Å²) in [5.74, 6) is -0.00955. The lowest BCUT2D eigenvalue weighted by atomic mass is 10.1. The Morgan fingerprint density at radius 3 is 2.52 bits per heavy atom. The molecule has 6 nitrogen and oxygen atoms in total. The highest BCUT2D eigenvalue weighted by Crippen LogP contribution is 2.17. The van der Waals surface area contributed by atoms with Gasteiger partial charge in [0.25, 0.3) is 5.91 Å². The molecule has 1 fully saturated rings. The molecule has 1 saturated heterocycles. The number of aryl methyl sites for hydroxylation is 3. The van der Waals surface area contributed by atoms with E-state index in [0.717, 1.165) is 17.5 Å². The first-order valence-electron chi connectivity index (χ1n) is 9.25. The molecule has 3 aromatic rings. The number of ether oxygens (including phenoxy) is 1. The van der Waals surface area contributed by atoms with Crippen LogP contribution in [0, 0.1) is 0 Å². The molecule has 2 aromatic carbocycles. The summed E-state index contributed by atoms with van der Waals surface area (Å²) in [7, 11) is 1.76. The predicted molar refractivity (Wildman–Crippen MR) is 104 cm³/mol. The summed E-state index contributed by atoms with van der Waals surface area (Å²) in [5, 5.41) is 0. The van der Waals surface area contributed by atoms with Gasteiger partial charge >= 0.3 is 5.69 Å². The molecule has 0 bridgehead atoms. The van der Waals surface area contributed by atoms with Crippen molar-refractivity contribution in [2.24, 2.45) is 7.05 Å². The van der Waals surface area contributed by atoms with Crippen LogP contribution in [0.3, 0.4) is 0 Å². The average molecular weight is 365 g/mol. The number of amides is 1. The summed E-state index contributed by atoms with van der Waals surface area (Å²) < 4.78 is 8.72. The molecule has 140 valence electrons. The van der Waals surface area contributed by atoms with Gasteiger partial charge in [0.05, 0.1) is 24.2 Å². The van der Waals surface area contributed by atoms with Crippen molar-refractivity contribution in [1.82, 2.24) is 14.0 Å². The Labute approximate surface area is 157 Å². The summed E-state index contributed by atoms with van der Waals surface area (Å²) in [6.45, 7) is 2.96. The molecule has 0 aliphatic carbocycles. The van der Waals surface area contributed by atoms with E-state index in [-0.39, 0.29) is 11.6 Å². The first-order chi connectivity index (χ1) is 13.1. The zero-order valence-electron chi connectivity index (χ0n) is 15.4. The Hall–Kier alpha value is -2.86. The average Bonchev–Trinajstić information content (AvgIpc) is 2.97. The minimum Gasteiger partial charge on any atom is -0.378 e. The number of nitrogens with zero attached hydrogens (tertiary/aromatic N) is 3. The van der Waals surface area contributed by atoms with Crippen molar-refractivity contribution < 1.29 is 9.53 Å². The molecular formula is C21H23N3O3. The summed E-state index contributed by atoms with van der Waals surface area (Å²) in [4.78, 5) is 27.2. The third-order valence-electron chi connectivity index (χ3n) is 5.16. The van der Waals surface area contributed by atoms with E-state index in [1.54, 1.807) is 21.1 Å². The van der Waals surface area contributed by atoms with Gasteiger partial charge in [0.1, 0.15) is 0 Å². The van der Waals surface area contributed by atoms with Crippen LogP contribution in [0.25, 0.3) is 11.0 Å². The quantitative estimate of drug-likeness (QED) is 0.711. The largest absolute Gasteiger partial charge is 0.378 e. The van der Waals surface area contributed by atoms with E-state index in [1.165, 1.54) is 5.56 Å². The van der Waals surface area contributed by atoms with Crippen molar-refractivity contribution in [2.45, 2.75) is 13.0 Å². The first kappa shape index (κ1) is 17.5. The van der Waals surface area contributed by atoms with Crippen LogP contribution in [0.15, 0.2) is 53.3 Å². The highest BCUT2D eigenvalue weighted by atomic mass is 16.5. The van der Waals surface area contributed by atoms with Crippen molar-refractivity contribution in [2.75, 3.05) is 26.3 Å². The molecule has 0 saturated carbocycles. The number of rotatable bonds is 4. The monoisotopic (exact) mass is 365 g/mol. The maximum Gasteiger partial charge on any atom is 0.328 e. The fourth-order valence-electron chi connectivity index (χ4n) is 3.59. The van der Waals surface area contributed by atoms with Gasteiger partial charge in [-0.2, -0.15) is 0 Å². The molecule has 2 heterocycles. The lowest BCUT2D eigenvalue weighted by molar-refractivity contribution is 0.0303. The van der Waals surface area contributed by atoms with Crippen molar-refractivity contribution in [1.29, 1.82) is 0 Å². The van der Waals surface area contributed by atoms with Gasteiger partial charge in [-0.15, -0.1) is 0 Å². The van der Waals surface area contributed by atoms with Gasteiger partial charge in [0.2, 0.25) is 0 Å². The summed E-state index contributed by atoms with van der Waals surface area (Å²) in [6, 6.07) is 15.7. The van der Waals surface area contributed by atoms with E-state index in [4.69, 9.17) is 4.74 Å². The van der Waals surface area contributed by atoms with Crippen LogP contribution in [0.1, 0.15) is 15.9 Å². The fraction of sp³-hybridized carbons (Fsp3) is 0.333. The second-order valence-electron chi connectivity index (χ2n) is 6.84. The molecule has 0 unspecified atom stereocenters. The Morgan fingerprint density at radius 1 is 1.04 bits per heavy atom. The van der Waals surface area contributed by atoms with E-state index < -0.39 is 0 Å². The van der Waals surface area contributed by atoms with Gasteiger partial charge < -0.3 is 9.64 Å². The van der Waals surface area contributed by atoms with Crippen molar-refractivity contribution >= 4 is 16.9 Å². The van der Waals surface area contributed by atoms with Crippen LogP contribution in [-0.4, -0.2) is 46.2 Å². The minimum absolute atomic E-state index is 0.00955. The van der Waals surface area contributed by atoms with E-state index in [2.05, 4.69) is 12.1 Å². The number of benzene rings is 2. The number of fused-ring (bicyclic) bond motifs is 1. The van der Waals surface area contributed by atoms with Crippen LogP contribution in [0.5, 0.6) is 0 Å². The van der Waals surface area contributed by atoms with E-state index in [9.17, 15) is 9.59 Å². The maximum atomic E-state index is 12.7. The molecule has 1 aliphatic heterocycles. The van der Waals surface area contributed by atoms with Crippen LogP contribution < -0.4 is 5.69 Å². The fourth-order valence-corrected chi connectivity index (χ4v) is 3.59. The molecule has 0 radical (unpaired) electrons. The number of carbonyl (C=O) groups excluding carboxylic acids is 1. The number of morpholine rings is 1. The molecule has 0 spiro atoms. The van der Waals surface area contributed by atoms with E-state index in [0.29, 0.717) is 38.4 Å². The molecule has 1 aromatic heterocycles. The lowest BCUT2D eigenvalue weighted by Crippen LogP contribution is -2.40. The summed E-state index contributed by atoms with van der Waals surface area (Å²) >= 11 is 0. The smallest absolute Gasteiger partial charge is 0.328 e. The SMILES string of the molecule is Cn1c(=O)n(CCc2ccccc2)c2ccc(C(=O)N3CCOCC3)cc21. The Bertz CT molecular complexity index is 1010. The third-order valence-corrected chi connectivity index (χ3v) is 5.16. The standard InChI is InChI=1S/C21H23N3O3/c1-22-19-15-17(20(25)23-11-13-27-14-12-23)7-8-18(19)24(21(22)26)10-9-16-5-3-2-4-6-16/h2-8,15H,9-14H2,1H3. The molecule has 1 amide bonds. The molecule has 1 aliphatic rings. The number of carbonyl (C=O) groups is 1. The number of hydrogen-bond donors (Lipinski definition) is 0. The number of aromatic nitrogens is 2. The molecule has 4 rings (SSSR count). The Kier molecular flexibility index (Phi) is 4.81. The van der Waals surface area contributed by atoms with Crippen molar-refractivity contribution in [3.8, 4) is 0 Å². The highest BCUT2D eigenvalue weighted by Gasteiger charge is 2.20. The predicted octanol–water partition coefficient (Wildman–Crippen LogP) is 2.06. The Morgan fingerprint density at radius 2 is 1.78 bits per heavy atom. The second kappa shape index (κ2) is 7.40. The normalized spacial score (nSPS) is 14.6. The molecule has 27 heavy (non-hydrogen) atoms. The van der Waals surface area contributed by atoms with Gasteiger partial charge in [-0.25, -0.2) is 4.79 Å². The van der Waals surface area contributed by atoms with Gasteiger partial charge in [0, 0.05) is 32.2 Å². The summed E-state index contributed by atoms with van der Waals surface area (Å²) in [6.07, 6.45) is 0.786.